The van der Waals surface area contributed by atoms with Gasteiger partial charge < -0.3 is 10.6 Å². The van der Waals surface area contributed by atoms with Gasteiger partial charge in [0.15, 0.2) is 0 Å². The third kappa shape index (κ3) is 4.50. The molecule has 0 bridgehead atoms. The van der Waals surface area contributed by atoms with Crippen molar-refractivity contribution in [3.8, 4) is 0 Å². The molecule has 0 aromatic carbocycles. The van der Waals surface area contributed by atoms with Gasteiger partial charge in [-0.15, -0.1) is 0 Å². The van der Waals surface area contributed by atoms with Gasteiger partial charge in [0.25, 0.3) is 0 Å². The zero-order valence-corrected chi connectivity index (χ0v) is 13.9. The van der Waals surface area contributed by atoms with Gasteiger partial charge in [0, 0.05) is 30.9 Å². The quantitative estimate of drug-likeness (QED) is 0.839. The molecule has 0 saturated carbocycles. The first-order chi connectivity index (χ1) is 10.1. The fraction of sp³-hybridized carbons (Fsp3) is 0.733. The molecule has 1 aromatic rings. The van der Waals surface area contributed by atoms with Crippen molar-refractivity contribution < 1.29 is 13.6 Å². The number of carbonyl (C=O) groups excluding carboxylic acids is 1. The van der Waals surface area contributed by atoms with Crippen LogP contribution in [0.25, 0.3) is 0 Å². The average Bonchev–Trinajstić information content (AvgIpc) is 2.72. The number of rotatable bonds is 7. The molecule has 126 valence electrons. The fourth-order valence-corrected chi connectivity index (χ4v) is 2.23. The summed E-state index contributed by atoms with van der Waals surface area (Å²) < 4.78 is 26.2. The molecule has 1 unspecified atom stereocenters. The van der Waals surface area contributed by atoms with Crippen LogP contribution in [0.2, 0.25) is 0 Å². The number of amides is 1. The number of carbonyl (C=O) groups is 1. The van der Waals surface area contributed by atoms with Crippen LogP contribution in [0.4, 0.5) is 8.78 Å². The molecule has 1 amide bonds. The lowest BCUT2D eigenvalue weighted by Gasteiger charge is -2.21. The Morgan fingerprint density at radius 2 is 1.95 bits per heavy atom. The van der Waals surface area contributed by atoms with Gasteiger partial charge in [0.2, 0.25) is 5.91 Å². The number of likely N-dealkylation sites (N-methyl/N-ethyl adjacent to an activating group) is 1. The minimum Gasteiger partial charge on any atom is -0.345 e. The molecule has 5 nitrogen and oxygen atoms in total. The smallest absolute Gasteiger partial charge is 0.333 e. The van der Waals surface area contributed by atoms with Crippen LogP contribution in [0.5, 0.6) is 0 Å². The molecular formula is C15H26F2N4O. The second-order valence-electron chi connectivity index (χ2n) is 6.06. The summed E-state index contributed by atoms with van der Waals surface area (Å²) in [5, 5.41) is 3.80. The highest BCUT2D eigenvalue weighted by Crippen LogP contribution is 2.20. The third-order valence-corrected chi connectivity index (χ3v) is 4.07. The Labute approximate surface area is 130 Å². The van der Waals surface area contributed by atoms with Crippen LogP contribution in [0.1, 0.15) is 43.8 Å². The van der Waals surface area contributed by atoms with Crippen molar-refractivity contribution in [2.75, 3.05) is 13.6 Å². The molecule has 1 rings (SSSR count). The Morgan fingerprint density at radius 3 is 2.41 bits per heavy atom. The normalized spacial score (nSPS) is 13.0. The van der Waals surface area contributed by atoms with E-state index < -0.39 is 6.55 Å². The Hall–Kier alpha value is -1.50. The molecule has 0 aliphatic rings. The Bertz CT molecular complexity index is 514. The maximum Gasteiger partial charge on any atom is 0.333 e. The van der Waals surface area contributed by atoms with Gasteiger partial charge >= 0.3 is 6.55 Å². The molecule has 2 N–H and O–H groups in total. The van der Waals surface area contributed by atoms with Crippen LogP contribution in [0.15, 0.2) is 0 Å². The molecule has 0 fully saturated rings. The van der Waals surface area contributed by atoms with E-state index in [4.69, 9.17) is 5.73 Å². The molecule has 0 saturated heterocycles. The van der Waals surface area contributed by atoms with Crippen molar-refractivity contribution in [3.63, 3.8) is 0 Å². The SMILES string of the molecule is Cc1nn(C(F)F)c(C)c1CC(=O)N(C)CCC(N)C(C)C. The summed E-state index contributed by atoms with van der Waals surface area (Å²) in [6, 6.07) is 0.0419. The number of aryl methyl sites for hydroxylation is 1. The molecule has 1 aromatic heterocycles. The van der Waals surface area contributed by atoms with E-state index >= 15 is 0 Å². The molecular weight excluding hydrogens is 290 g/mol. The lowest BCUT2D eigenvalue weighted by molar-refractivity contribution is -0.129. The third-order valence-electron chi connectivity index (χ3n) is 4.07. The van der Waals surface area contributed by atoms with Gasteiger partial charge in [-0.2, -0.15) is 13.9 Å². The number of halogens is 2. The number of aromatic nitrogens is 2. The molecule has 0 spiro atoms. The Kier molecular flexibility index (Phi) is 6.47. The highest BCUT2D eigenvalue weighted by Gasteiger charge is 2.21. The predicted molar refractivity (Wildman–Crippen MR) is 81.7 cm³/mol. The van der Waals surface area contributed by atoms with Crippen molar-refractivity contribution >= 4 is 5.91 Å². The number of nitrogens with two attached hydrogens (primary N) is 1. The lowest BCUT2D eigenvalue weighted by Crippen LogP contribution is -2.35. The standard InChI is InChI=1S/C15H26F2N4O/c1-9(2)13(18)6-7-20(5)14(22)8-12-10(3)19-21(11(12)4)15(16)17/h9,13,15H,6-8,18H2,1-5H3. The van der Waals surface area contributed by atoms with Crippen molar-refractivity contribution in [2.24, 2.45) is 11.7 Å². The minimum atomic E-state index is -2.69. The summed E-state index contributed by atoms with van der Waals surface area (Å²) >= 11 is 0. The van der Waals surface area contributed by atoms with Crippen LogP contribution < -0.4 is 5.73 Å². The van der Waals surface area contributed by atoms with Gasteiger partial charge in [-0.25, -0.2) is 4.68 Å². The van der Waals surface area contributed by atoms with E-state index in [1.807, 2.05) is 13.8 Å². The van der Waals surface area contributed by atoms with Crippen LogP contribution >= 0.6 is 0 Å². The molecule has 1 heterocycles. The highest BCUT2D eigenvalue weighted by atomic mass is 19.3. The average molecular weight is 316 g/mol. The van der Waals surface area contributed by atoms with E-state index in [1.165, 1.54) is 0 Å². The van der Waals surface area contributed by atoms with Gasteiger partial charge in [0.1, 0.15) is 0 Å². The summed E-state index contributed by atoms with van der Waals surface area (Å²) in [4.78, 5) is 13.8. The van der Waals surface area contributed by atoms with E-state index in [1.54, 1.807) is 25.8 Å². The van der Waals surface area contributed by atoms with Gasteiger partial charge in [-0.1, -0.05) is 13.8 Å². The van der Waals surface area contributed by atoms with E-state index in [2.05, 4.69) is 5.10 Å². The zero-order chi connectivity index (χ0) is 17.0. The summed E-state index contributed by atoms with van der Waals surface area (Å²) in [5.41, 5.74) is 7.35. The van der Waals surface area contributed by atoms with Gasteiger partial charge in [0.05, 0.1) is 12.1 Å². The maximum absolute atomic E-state index is 12.8. The molecule has 0 aliphatic carbocycles. The van der Waals surface area contributed by atoms with E-state index in [0.717, 1.165) is 0 Å². The second-order valence-corrected chi connectivity index (χ2v) is 6.06. The number of hydrogen-bond donors (Lipinski definition) is 1. The first-order valence-corrected chi connectivity index (χ1v) is 7.47. The largest absolute Gasteiger partial charge is 0.345 e. The predicted octanol–water partition coefficient (Wildman–Crippen LogP) is 2.27. The first-order valence-electron chi connectivity index (χ1n) is 7.47. The van der Waals surface area contributed by atoms with Crippen molar-refractivity contribution in [1.82, 2.24) is 14.7 Å². The summed E-state index contributed by atoms with van der Waals surface area (Å²) in [6.07, 6.45) is 0.798. The monoisotopic (exact) mass is 316 g/mol. The van der Waals surface area contributed by atoms with Gasteiger partial charge in [-0.3, -0.25) is 4.79 Å². The summed E-state index contributed by atoms with van der Waals surface area (Å²) in [5.74, 6) is 0.244. The summed E-state index contributed by atoms with van der Waals surface area (Å²) in [6.45, 7) is 5.14. The van der Waals surface area contributed by atoms with Crippen molar-refractivity contribution in [3.05, 3.63) is 17.0 Å². The Balaban J connectivity index is 2.69. The lowest BCUT2D eigenvalue weighted by atomic mass is 10.0. The van der Waals surface area contributed by atoms with E-state index in [0.29, 0.717) is 40.5 Å². The first kappa shape index (κ1) is 18.5. The summed E-state index contributed by atoms with van der Waals surface area (Å²) in [7, 11) is 1.71. The second kappa shape index (κ2) is 7.67. The molecule has 22 heavy (non-hydrogen) atoms. The van der Waals surface area contributed by atoms with E-state index in [9.17, 15) is 13.6 Å². The van der Waals surface area contributed by atoms with Crippen molar-refractivity contribution in [2.45, 2.75) is 53.1 Å². The minimum absolute atomic E-state index is 0.0419. The number of hydrogen-bond acceptors (Lipinski definition) is 3. The zero-order valence-electron chi connectivity index (χ0n) is 13.9. The maximum atomic E-state index is 12.8. The highest BCUT2D eigenvalue weighted by molar-refractivity contribution is 5.79. The fourth-order valence-electron chi connectivity index (χ4n) is 2.23. The van der Waals surface area contributed by atoms with Crippen LogP contribution in [0.3, 0.4) is 0 Å². The topological polar surface area (TPSA) is 64.2 Å². The molecule has 0 radical (unpaired) electrons. The Morgan fingerprint density at radius 1 is 1.36 bits per heavy atom. The van der Waals surface area contributed by atoms with Crippen molar-refractivity contribution in [1.29, 1.82) is 0 Å². The molecule has 7 heteroatoms. The number of nitrogens with zero attached hydrogens (tertiary/aromatic N) is 3. The van der Waals surface area contributed by atoms with Crippen LogP contribution in [0, 0.1) is 19.8 Å². The van der Waals surface area contributed by atoms with Crippen LogP contribution in [-0.2, 0) is 11.2 Å². The van der Waals surface area contributed by atoms with Gasteiger partial charge in [-0.05, 0) is 26.2 Å². The number of alkyl halides is 2. The molecule has 0 aliphatic heterocycles. The van der Waals surface area contributed by atoms with Crippen LogP contribution in [-0.4, -0.2) is 40.2 Å². The molecule has 1 atom stereocenters. The van der Waals surface area contributed by atoms with E-state index in [-0.39, 0.29) is 18.4 Å².